The van der Waals surface area contributed by atoms with Gasteiger partial charge in [-0.25, -0.2) is 0 Å². The Labute approximate surface area is 102 Å². The zero-order chi connectivity index (χ0) is 12.1. The van der Waals surface area contributed by atoms with E-state index in [1.807, 2.05) is 10.9 Å². The molecule has 1 fully saturated rings. The molecule has 1 saturated heterocycles. The van der Waals surface area contributed by atoms with Crippen LogP contribution in [0.2, 0.25) is 0 Å². The lowest BCUT2D eigenvalue weighted by Gasteiger charge is -2.29. The maximum absolute atomic E-state index is 9.55. The molecule has 1 aromatic heterocycles. The predicted octanol–water partition coefficient (Wildman–Crippen LogP) is 0.702. The molecule has 2 heterocycles. The van der Waals surface area contributed by atoms with E-state index in [0.29, 0.717) is 0 Å². The number of unbranched alkanes of at least 4 members (excludes halogenated alkanes) is 1. The maximum Gasteiger partial charge on any atom is 0.0719 e. The summed E-state index contributed by atoms with van der Waals surface area (Å²) in [4.78, 5) is 2.35. The van der Waals surface area contributed by atoms with Crippen molar-refractivity contribution in [2.24, 2.45) is 0 Å². The second-order valence-corrected chi connectivity index (χ2v) is 4.84. The van der Waals surface area contributed by atoms with Crippen molar-refractivity contribution in [1.29, 1.82) is 0 Å². The highest BCUT2D eigenvalue weighted by Crippen LogP contribution is 2.10. The van der Waals surface area contributed by atoms with Crippen molar-refractivity contribution in [3.63, 3.8) is 0 Å². The number of aryl methyl sites for hydroxylation is 1. The van der Waals surface area contributed by atoms with Crippen LogP contribution in [-0.2, 0) is 6.54 Å². The molecule has 0 aliphatic carbocycles. The van der Waals surface area contributed by atoms with Crippen LogP contribution in [-0.4, -0.2) is 45.5 Å². The van der Waals surface area contributed by atoms with Crippen LogP contribution in [0.25, 0.3) is 0 Å². The fourth-order valence-electron chi connectivity index (χ4n) is 2.35. The van der Waals surface area contributed by atoms with Crippen molar-refractivity contribution in [3.8, 4) is 0 Å². The number of likely N-dealkylation sites (tertiary alicyclic amines) is 1. The number of aliphatic hydroxyl groups is 1. The molecule has 0 amide bonds. The number of aliphatic hydroxyl groups excluding tert-OH is 1. The van der Waals surface area contributed by atoms with Crippen molar-refractivity contribution >= 4 is 5.69 Å². The van der Waals surface area contributed by atoms with Gasteiger partial charge in [-0.3, -0.25) is 4.68 Å². The van der Waals surface area contributed by atoms with Crippen molar-refractivity contribution in [1.82, 2.24) is 14.7 Å². The highest BCUT2D eigenvalue weighted by Gasteiger charge is 2.16. The fourth-order valence-corrected chi connectivity index (χ4v) is 2.35. The van der Waals surface area contributed by atoms with Crippen molar-refractivity contribution in [2.45, 2.75) is 38.3 Å². The van der Waals surface area contributed by atoms with E-state index in [4.69, 9.17) is 5.73 Å². The molecule has 5 heteroatoms. The number of hydrogen-bond acceptors (Lipinski definition) is 4. The monoisotopic (exact) mass is 238 g/mol. The average molecular weight is 238 g/mol. The van der Waals surface area contributed by atoms with E-state index in [1.54, 1.807) is 6.20 Å². The molecule has 1 aliphatic heterocycles. The first kappa shape index (κ1) is 12.4. The minimum Gasteiger partial charge on any atom is -0.396 e. The van der Waals surface area contributed by atoms with E-state index in [0.717, 1.165) is 57.5 Å². The quantitative estimate of drug-likeness (QED) is 0.741. The van der Waals surface area contributed by atoms with Gasteiger partial charge in [0.2, 0.25) is 0 Å². The lowest BCUT2D eigenvalue weighted by atomic mass is 10.1. The SMILES string of the molecule is Nc1cnn(CCCCN2CCCC(O)C2)c1. The Kier molecular flexibility index (Phi) is 4.39. The number of nitrogens with zero attached hydrogens (tertiary/aromatic N) is 3. The van der Waals surface area contributed by atoms with Gasteiger partial charge in [-0.15, -0.1) is 0 Å². The number of rotatable bonds is 5. The van der Waals surface area contributed by atoms with Crippen LogP contribution in [0, 0.1) is 0 Å². The van der Waals surface area contributed by atoms with E-state index in [2.05, 4.69) is 10.00 Å². The summed E-state index contributed by atoms with van der Waals surface area (Å²) in [5.74, 6) is 0. The Morgan fingerprint density at radius 3 is 2.94 bits per heavy atom. The summed E-state index contributed by atoms with van der Waals surface area (Å²) in [5.41, 5.74) is 6.32. The second-order valence-electron chi connectivity index (χ2n) is 4.84. The molecule has 5 nitrogen and oxygen atoms in total. The lowest BCUT2D eigenvalue weighted by molar-refractivity contribution is 0.0697. The minimum atomic E-state index is -0.116. The minimum absolute atomic E-state index is 0.116. The molecule has 1 atom stereocenters. The van der Waals surface area contributed by atoms with Gasteiger partial charge in [0.1, 0.15) is 0 Å². The predicted molar refractivity (Wildman–Crippen MR) is 67.6 cm³/mol. The Morgan fingerprint density at radius 2 is 2.24 bits per heavy atom. The van der Waals surface area contributed by atoms with E-state index < -0.39 is 0 Å². The molecule has 3 N–H and O–H groups in total. The summed E-state index contributed by atoms with van der Waals surface area (Å²) in [7, 11) is 0. The molecule has 2 rings (SSSR count). The van der Waals surface area contributed by atoms with Crippen LogP contribution >= 0.6 is 0 Å². The molecule has 1 unspecified atom stereocenters. The molecular formula is C12H22N4O. The Morgan fingerprint density at radius 1 is 1.41 bits per heavy atom. The third-order valence-electron chi connectivity index (χ3n) is 3.25. The van der Waals surface area contributed by atoms with Gasteiger partial charge in [0.15, 0.2) is 0 Å². The summed E-state index contributed by atoms with van der Waals surface area (Å²) in [6.45, 7) is 3.97. The Hall–Kier alpha value is -1.07. The Balaban J connectivity index is 1.59. The van der Waals surface area contributed by atoms with Crippen molar-refractivity contribution in [3.05, 3.63) is 12.4 Å². The van der Waals surface area contributed by atoms with Crippen LogP contribution < -0.4 is 5.73 Å². The van der Waals surface area contributed by atoms with Gasteiger partial charge in [-0.05, 0) is 38.8 Å². The third kappa shape index (κ3) is 4.02. The zero-order valence-electron chi connectivity index (χ0n) is 10.3. The topological polar surface area (TPSA) is 67.3 Å². The van der Waals surface area contributed by atoms with Crippen LogP contribution in [0.4, 0.5) is 5.69 Å². The van der Waals surface area contributed by atoms with Gasteiger partial charge in [0.05, 0.1) is 18.0 Å². The van der Waals surface area contributed by atoms with Crippen LogP contribution in [0.3, 0.4) is 0 Å². The molecule has 0 spiro atoms. The van der Waals surface area contributed by atoms with Crippen molar-refractivity contribution < 1.29 is 5.11 Å². The first-order chi connectivity index (χ1) is 8.24. The molecule has 1 aliphatic rings. The highest BCUT2D eigenvalue weighted by molar-refractivity contribution is 5.30. The molecule has 96 valence electrons. The van der Waals surface area contributed by atoms with E-state index in [1.165, 1.54) is 0 Å². The lowest BCUT2D eigenvalue weighted by Crippen LogP contribution is -2.38. The fraction of sp³-hybridized carbons (Fsp3) is 0.750. The van der Waals surface area contributed by atoms with Crippen LogP contribution in [0.1, 0.15) is 25.7 Å². The van der Waals surface area contributed by atoms with Gasteiger partial charge in [0.25, 0.3) is 0 Å². The zero-order valence-corrected chi connectivity index (χ0v) is 10.3. The number of nitrogen functional groups attached to an aromatic ring is 1. The molecule has 17 heavy (non-hydrogen) atoms. The highest BCUT2D eigenvalue weighted by atomic mass is 16.3. The number of hydrogen-bond donors (Lipinski definition) is 2. The number of piperidine rings is 1. The van der Waals surface area contributed by atoms with Crippen LogP contribution in [0.15, 0.2) is 12.4 Å². The average Bonchev–Trinajstić information content (AvgIpc) is 2.71. The number of nitrogens with two attached hydrogens (primary N) is 1. The normalized spacial score (nSPS) is 21.8. The molecule has 0 aromatic carbocycles. The van der Waals surface area contributed by atoms with Gasteiger partial charge < -0.3 is 15.7 Å². The van der Waals surface area contributed by atoms with Gasteiger partial charge in [-0.2, -0.15) is 5.10 Å². The van der Waals surface area contributed by atoms with E-state index in [9.17, 15) is 5.11 Å². The summed E-state index contributed by atoms with van der Waals surface area (Å²) < 4.78 is 1.89. The smallest absolute Gasteiger partial charge is 0.0719 e. The van der Waals surface area contributed by atoms with Crippen molar-refractivity contribution in [2.75, 3.05) is 25.4 Å². The van der Waals surface area contributed by atoms with Gasteiger partial charge in [0, 0.05) is 19.3 Å². The standard InChI is InChI=1S/C12H22N4O/c13-11-8-14-16(9-11)7-2-1-5-15-6-3-4-12(17)10-15/h8-9,12,17H,1-7,10,13H2. The first-order valence-corrected chi connectivity index (χ1v) is 6.42. The molecular weight excluding hydrogens is 216 g/mol. The first-order valence-electron chi connectivity index (χ1n) is 6.42. The number of anilines is 1. The largest absolute Gasteiger partial charge is 0.396 e. The van der Waals surface area contributed by atoms with E-state index >= 15 is 0 Å². The van der Waals surface area contributed by atoms with Gasteiger partial charge in [-0.1, -0.05) is 0 Å². The Bertz CT molecular complexity index is 339. The third-order valence-corrected chi connectivity index (χ3v) is 3.25. The van der Waals surface area contributed by atoms with E-state index in [-0.39, 0.29) is 6.10 Å². The molecule has 1 aromatic rings. The summed E-state index contributed by atoms with van der Waals surface area (Å²) in [6.07, 6.45) is 7.76. The number of aromatic nitrogens is 2. The molecule has 0 bridgehead atoms. The second kappa shape index (κ2) is 6.02. The summed E-state index contributed by atoms with van der Waals surface area (Å²) >= 11 is 0. The molecule has 0 saturated carbocycles. The maximum atomic E-state index is 9.55. The number of β-amino-alcohol motifs (C(OH)–C–C–N with tert-alkyl or cyclic N) is 1. The molecule has 0 radical (unpaired) electrons. The van der Waals surface area contributed by atoms with Gasteiger partial charge >= 0.3 is 0 Å². The summed E-state index contributed by atoms with van der Waals surface area (Å²) in [6, 6.07) is 0. The summed E-state index contributed by atoms with van der Waals surface area (Å²) in [5, 5.41) is 13.7. The van der Waals surface area contributed by atoms with Crippen LogP contribution in [0.5, 0.6) is 0 Å².